The van der Waals surface area contributed by atoms with Gasteiger partial charge < -0.3 is 4.84 Å². The molecule has 0 radical (unpaired) electrons. The van der Waals surface area contributed by atoms with Crippen LogP contribution in [0.2, 0.25) is 0 Å². The second-order valence-corrected chi connectivity index (χ2v) is 6.49. The number of hydrogen-bond donors (Lipinski definition) is 0. The maximum atomic E-state index is 9.14. The first-order valence-corrected chi connectivity index (χ1v) is 7.68. The molecule has 112 valence electrons. The highest BCUT2D eigenvalue weighted by Crippen LogP contribution is 2.36. The van der Waals surface area contributed by atoms with Crippen molar-refractivity contribution in [2.45, 2.75) is 25.9 Å². The van der Waals surface area contributed by atoms with Crippen molar-refractivity contribution in [1.29, 1.82) is 5.26 Å². The number of nitrogens with zero attached hydrogens (tertiary/aromatic N) is 4. The van der Waals surface area contributed by atoms with E-state index in [1.54, 1.807) is 0 Å². The number of halogens is 1. The van der Waals surface area contributed by atoms with Crippen molar-refractivity contribution < 1.29 is 4.84 Å². The first-order chi connectivity index (χ1) is 10.4. The molecule has 1 unspecified atom stereocenters. The molecule has 0 spiro atoms. The molecule has 2 heterocycles. The second kappa shape index (κ2) is 5.25. The fourth-order valence-corrected chi connectivity index (χ4v) is 3.06. The van der Waals surface area contributed by atoms with Gasteiger partial charge in [-0.15, -0.1) is 0 Å². The molecule has 1 aromatic heterocycles. The Hall–Kier alpha value is -2.13. The summed E-state index contributed by atoms with van der Waals surface area (Å²) >= 11 is 3.37. The molecule has 0 amide bonds. The van der Waals surface area contributed by atoms with E-state index in [1.165, 1.54) is 0 Å². The van der Waals surface area contributed by atoms with Crippen LogP contribution >= 0.6 is 15.9 Å². The standard InChI is InChI=1S/C16H15BrN4O/c1-10-6-15(21(3)19-10)16(2)8-14(20-22-16)11-4-5-13(17)12(7-11)9-18/h4-7H,8H2,1-3H3. The molecule has 0 saturated heterocycles. The van der Waals surface area contributed by atoms with Crippen LogP contribution in [0.5, 0.6) is 0 Å². The van der Waals surface area contributed by atoms with Gasteiger partial charge in [-0.25, -0.2) is 0 Å². The lowest BCUT2D eigenvalue weighted by molar-refractivity contribution is -0.0135. The number of oxime groups is 1. The lowest BCUT2D eigenvalue weighted by atomic mass is 9.92. The van der Waals surface area contributed by atoms with Crippen LogP contribution in [0.1, 0.15) is 35.9 Å². The van der Waals surface area contributed by atoms with Gasteiger partial charge in [-0.3, -0.25) is 4.68 Å². The molecule has 0 N–H and O–H groups in total. The fraction of sp³-hybridized carbons (Fsp3) is 0.312. The molecule has 2 aromatic rings. The van der Waals surface area contributed by atoms with Gasteiger partial charge in [-0.2, -0.15) is 10.4 Å². The Balaban J connectivity index is 1.91. The molecule has 0 bridgehead atoms. The predicted octanol–water partition coefficient (Wildman–Crippen LogP) is 3.40. The minimum atomic E-state index is -0.536. The van der Waals surface area contributed by atoms with Gasteiger partial charge in [0.1, 0.15) is 6.07 Å². The molecule has 5 nitrogen and oxygen atoms in total. The van der Waals surface area contributed by atoms with Gasteiger partial charge in [0, 0.05) is 23.5 Å². The van der Waals surface area contributed by atoms with Gasteiger partial charge in [-0.05, 0) is 48.0 Å². The van der Waals surface area contributed by atoms with E-state index in [2.05, 4.69) is 32.3 Å². The van der Waals surface area contributed by atoms with E-state index in [-0.39, 0.29) is 0 Å². The van der Waals surface area contributed by atoms with Crippen molar-refractivity contribution in [2.75, 3.05) is 0 Å². The zero-order valence-corrected chi connectivity index (χ0v) is 14.2. The SMILES string of the molecule is Cc1cc(C2(C)CC(c3ccc(Br)c(C#N)c3)=NO2)n(C)n1. The van der Waals surface area contributed by atoms with Gasteiger partial charge in [0.15, 0.2) is 5.60 Å². The first kappa shape index (κ1) is 14.8. The fourth-order valence-electron chi connectivity index (χ4n) is 2.73. The van der Waals surface area contributed by atoms with E-state index in [0.29, 0.717) is 12.0 Å². The summed E-state index contributed by atoms with van der Waals surface area (Å²) < 4.78 is 2.61. The Kier molecular flexibility index (Phi) is 3.53. The highest BCUT2D eigenvalue weighted by atomic mass is 79.9. The number of hydrogen-bond acceptors (Lipinski definition) is 4. The van der Waals surface area contributed by atoms with Gasteiger partial charge in [0.05, 0.1) is 22.7 Å². The molecule has 6 heteroatoms. The van der Waals surface area contributed by atoms with E-state index in [4.69, 9.17) is 10.1 Å². The molecule has 1 aromatic carbocycles. The number of rotatable bonds is 2. The Morgan fingerprint density at radius 2 is 2.18 bits per heavy atom. The third-order valence-corrected chi connectivity index (χ3v) is 4.52. The quantitative estimate of drug-likeness (QED) is 0.826. The van der Waals surface area contributed by atoms with Crippen LogP contribution < -0.4 is 0 Å². The van der Waals surface area contributed by atoms with Crippen LogP contribution in [0.15, 0.2) is 33.9 Å². The van der Waals surface area contributed by atoms with Gasteiger partial charge in [0.25, 0.3) is 0 Å². The van der Waals surface area contributed by atoms with E-state index >= 15 is 0 Å². The molecule has 22 heavy (non-hydrogen) atoms. The van der Waals surface area contributed by atoms with Crippen molar-refractivity contribution in [3.05, 3.63) is 51.3 Å². The van der Waals surface area contributed by atoms with Crippen LogP contribution in [0.25, 0.3) is 0 Å². The number of benzene rings is 1. The maximum Gasteiger partial charge on any atom is 0.181 e. The highest BCUT2D eigenvalue weighted by Gasteiger charge is 2.39. The predicted molar refractivity (Wildman–Crippen MR) is 86.4 cm³/mol. The lowest BCUT2D eigenvalue weighted by Gasteiger charge is -2.21. The average molecular weight is 359 g/mol. The largest absolute Gasteiger partial charge is 0.382 e. The van der Waals surface area contributed by atoms with Gasteiger partial charge in [-0.1, -0.05) is 11.2 Å². The monoisotopic (exact) mass is 358 g/mol. The smallest absolute Gasteiger partial charge is 0.181 e. The molecule has 3 rings (SSSR count). The second-order valence-electron chi connectivity index (χ2n) is 5.64. The summed E-state index contributed by atoms with van der Waals surface area (Å²) in [4.78, 5) is 5.72. The third kappa shape index (κ3) is 2.42. The summed E-state index contributed by atoms with van der Waals surface area (Å²) in [6, 6.07) is 9.81. The number of nitriles is 1. The highest BCUT2D eigenvalue weighted by molar-refractivity contribution is 9.10. The van der Waals surface area contributed by atoms with Crippen LogP contribution in [0, 0.1) is 18.3 Å². The minimum absolute atomic E-state index is 0.536. The van der Waals surface area contributed by atoms with Gasteiger partial charge >= 0.3 is 0 Å². The first-order valence-electron chi connectivity index (χ1n) is 6.89. The Morgan fingerprint density at radius 3 is 2.82 bits per heavy atom. The molecule has 0 aliphatic carbocycles. The van der Waals surface area contributed by atoms with Gasteiger partial charge in [0.2, 0.25) is 0 Å². The van der Waals surface area contributed by atoms with E-state index < -0.39 is 5.60 Å². The Labute approximate surface area is 137 Å². The van der Waals surface area contributed by atoms with Crippen LogP contribution in [0.3, 0.4) is 0 Å². The van der Waals surface area contributed by atoms with Crippen molar-refractivity contribution in [2.24, 2.45) is 12.2 Å². The van der Waals surface area contributed by atoms with Crippen molar-refractivity contribution in [3.8, 4) is 6.07 Å². The maximum absolute atomic E-state index is 9.14. The average Bonchev–Trinajstić information content (AvgIpc) is 3.03. The summed E-state index contributed by atoms with van der Waals surface area (Å²) in [7, 11) is 1.91. The molecule has 0 saturated carbocycles. The normalized spacial score (nSPS) is 20.4. The van der Waals surface area contributed by atoms with Crippen molar-refractivity contribution >= 4 is 21.6 Å². The summed E-state index contributed by atoms with van der Waals surface area (Å²) in [5.41, 5.74) is 3.73. The summed E-state index contributed by atoms with van der Waals surface area (Å²) in [5, 5.41) is 17.8. The number of aryl methyl sites for hydroxylation is 2. The van der Waals surface area contributed by atoms with Crippen LogP contribution in [0.4, 0.5) is 0 Å². The molecule has 1 atom stereocenters. The third-order valence-electron chi connectivity index (χ3n) is 3.83. The van der Waals surface area contributed by atoms with E-state index in [0.717, 1.165) is 27.1 Å². The minimum Gasteiger partial charge on any atom is -0.382 e. The molecule has 1 aliphatic rings. The summed E-state index contributed by atoms with van der Waals surface area (Å²) in [5.74, 6) is 0. The number of aromatic nitrogens is 2. The van der Waals surface area contributed by atoms with E-state index in [9.17, 15) is 0 Å². The van der Waals surface area contributed by atoms with Crippen molar-refractivity contribution in [3.63, 3.8) is 0 Å². The van der Waals surface area contributed by atoms with Crippen molar-refractivity contribution in [1.82, 2.24) is 9.78 Å². The lowest BCUT2D eigenvalue weighted by Crippen LogP contribution is -2.25. The Morgan fingerprint density at radius 1 is 1.41 bits per heavy atom. The molecule has 0 fully saturated rings. The van der Waals surface area contributed by atoms with Crippen LogP contribution in [-0.2, 0) is 17.5 Å². The summed E-state index contributed by atoms with van der Waals surface area (Å²) in [6.07, 6.45) is 0.637. The van der Waals surface area contributed by atoms with Crippen LogP contribution in [-0.4, -0.2) is 15.5 Å². The zero-order chi connectivity index (χ0) is 15.9. The topological polar surface area (TPSA) is 63.2 Å². The summed E-state index contributed by atoms with van der Waals surface area (Å²) in [6.45, 7) is 3.96. The zero-order valence-electron chi connectivity index (χ0n) is 12.6. The molecular weight excluding hydrogens is 344 g/mol. The van der Waals surface area contributed by atoms with E-state index in [1.807, 2.05) is 49.8 Å². The molecule has 1 aliphatic heterocycles. The molecular formula is C16H15BrN4O. The Bertz CT molecular complexity index is 818.